The Labute approximate surface area is 447 Å². The van der Waals surface area contributed by atoms with Gasteiger partial charge in [-0.25, -0.2) is 0 Å². The molecule has 0 amide bonds. The maximum Gasteiger partial charge on any atom is 0.306 e. The SMILES string of the molecule is CCCC/C=C\CCCCCCCC(=O)OCC(COC(=O)CCCCCCCCCCCC/C=C\C/C=C\C/C=C\CCCCCCC)OC(=O)CCCCCCCCC/C=C\CCCCCCCCC. The second-order valence-electron chi connectivity index (χ2n) is 21.0. The topological polar surface area (TPSA) is 78.9 Å². The van der Waals surface area contributed by atoms with Crippen molar-refractivity contribution in [2.24, 2.45) is 0 Å². The van der Waals surface area contributed by atoms with Crippen LogP contribution in [0.4, 0.5) is 0 Å². The zero-order chi connectivity index (χ0) is 52.2. The van der Waals surface area contributed by atoms with Crippen LogP contribution in [0.2, 0.25) is 0 Å². The van der Waals surface area contributed by atoms with E-state index in [1.165, 1.54) is 205 Å². The van der Waals surface area contributed by atoms with E-state index < -0.39 is 6.10 Å². The number of hydrogen-bond acceptors (Lipinski definition) is 6. The van der Waals surface area contributed by atoms with Crippen molar-refractivity contribution in [3.05, 3.63) is 60.8 Å². The third-order valence-corrected chi connectivity index (χ3v) is 13.7. The van der Waals surface area contributed by atoms with E-state index in [-0.39, 0.29) is 31.1 Å². The summed E-state index contributed by atoms with van der Waals surface area (Å²) in [5, 5.41) is 0. The van der Waals surface area contributed by atoms with Gasteiger partial charge in [0.2, 0.25) is 0 Å². The average Bonchev–Trinajstić information content (AvgIpc) is 3.38. The number of carbonyl (C=O) groups excluding carboxylic acids is 3. The normalized spacial score (nSPS) is 12.4. The average molecular weight is 1010 g/mol. The van der Waals surface area contributed by atoms with Gasteiger partial charge in [0.1, 0.15) is 13.2 Å². The molecule has 0 heterocycles. The first-order valence-corrected chi connectivity index (χ1v) is 31.3. The summed E-state index contributed by atoms with van der Waals surface area (Å²) in [5.74, 6) is -0.884. The van der Waals surface area contributed by atoms with Gasteiger partial charge < -0.3 is 14.2 Å². The van der Waals surface area contributed by atoms with Crippen LogP contribution in [0.1, 0.15) is 323 Å². The van der Waals surface area contributed by atoms with Crippen LogP contribution in [0, 0.1) is 0 Å². The Kier molecular flexibility index (Phi) is 58.2. The minimum Gasteiger partial charge on any atom is -0.462 e. The fourth-order valence-corrected chi connectivity index (χ4v) is 8.96. The first kappa shape index (κ1) is 69.1. The number of hydrogen-bond donors (Lipinski definition) is 0. The van der Waals surface area contributed by atoms with Crippen molar-refractivity contribution >= 4 is 17.9 Å². The van der Waals surface area contributed by atoms with E-state index in [0.717, 1.165) is 77.0 Å². The summed E-state index contributed by atoms with van der Waals surface area (Å²) in [6, 6.07) is 0. The predicted octanol–water partition coefficient (Wildman–Crippen LogP) is 21.2. The molecule has 0 aliphatic rings. The molecule has 0 saturated heterocycles. The summed E-state index contributed by atoms with van der Waals surface area (Å²) in [7, 11) is 0. The first-order valence-electron chi connectivity index (χ1n) is 31.3. The highest BCUT2D eigenvalue weighted by atomic mass is 16.6. The highest BCUT2D eigenvalue weighted by Gasteiger charge is 2.19. The number of ether oxygens (including phenoxy) is 3. The lowest BCUT2D eigenvalue weighted by molar-refractivity contribution is -0.167. The molecule has 0 radical (unpaired) electrons. The van der Waals surface area contributed by atoms with Crippen molar-refractivity contribution in [2.75, 3.05) is 13.2 Å². The third-order valence-electron chi connectivity index (χ3n) is 13.7. The first-order chi connectivity index (χ1) is 35.5. The van der Waals surface area contributed by atoms with E-state index in [1.54, 1.807) is 0 Å². The zero-order valence-electron chi connectivity index (χ0n) is 47.9. The predicted molar refractivity (Wildman–Crippen MR) is 312 cm³/mol. The van der Waals surface area contributed by atoms with E-state index in [2.05, 4.69) is 81.5 Å². The van der Waals surface area contributed by atoms with E-state index in [9.17, 15) is 14.4 Å². The second kappa shape index (κ2) is 60.7. The van der Waals surface area contributed by atoms with Crippen LogP contribution < -0.4 is 0 Å². The Hall–Kier alpha value is -2.89. The summed E-state index contributed by atoms with van der Waals surface area (Å²) >= 11 is 0. The highest BCUT2D eigenvalue weighted by Crippen LogP contribution is 2.16. The molecule has 0 aliphatic carbocycles. The molecule has 6 nitrogen and oxygen atoms in total. The molecule has 1 atom stereocenters. The zero-order valence-corrected chi connectivity index (χ0v) is 47.9. The van der Waals surface area contributed by atoms with Gasteiger partial charge >= 0.3 is 17.9 Å². The lowest BCUT2D eigenvalue weighted by Gasteiger charge is -2.18. The number of unbranched alkanes of at least 4 members (excludes halogenated alkanes) is 36. The fraction of sp³-hybridized carbons (Fsp3) is 0.803. The molecule has 0 aromatic rings. The van der Waals surface area contributed by atoms with Gasteiger partial charge in [-0.3, -0.25) is 14.4 Å². The minimum atomic E-state index is -0.781. The Balaban J connectivity index is 4.27. The van der Waals surface area contributed by atoms with Gasteiger partial charge in [-0.15, -0.1) is 0 Å². The van der Waals surface area contributed by atoms with Crippen molar-refractivity contribution < 1.29 is 28.6 Å². The molecule has 0 spiro atoms. The van der Waals surface area contributed by atoms with Crippen LogP contribution in [-0.2, 0) is 28.6 Å². The molecular weight excluding hydrogens is 889 g/mol. The molecule has 0 saturated carbocycles. The summed E-state index contributed by atoms with van der Waals surface area (Å²) in [6.07, 6.45) is 76.5. The standard InChI is InChI=1S/C66H118O6/c1-4-7-10-13-16-19-22-24-26-28-30-31-32-33-34-35-36-38-39-41-44-47-50-53-56-59-65(68)71-62-63(61-70-64(67)58-55-52-49-46-43-21-18-15-12-9-6-3)72-66(69)60-57-54-51-48-45-42-40-37-29-27-25-23-20-17-14-11-8-5-2/h15,18,22,24,27-30,32-33,63H,4-14,16-17,19-21,23,25-26,31,34-62H2,1-3H3/b18-15-,24-22-,29-27-,30-28-,33-32-. The number of esters is 3. The fourth-order valence-electron chi connectivity index (χ4n) is 8.96. The minimum absolute atomic E-state index is 0.0792. The van der Waals surface area contributed by atoms with Crippen LogP contribution in [0.15, 0.2) is 60.8 Å². The van der Waals surface area contributed by atoms with Gasteiger partial charge in [0, 0.05) is 19.3 Å². The Morgan fingerprint density at radius 3 is 0.833 bits per heavy atom. The van der Waals surface area contributed by atoms with Crippen LogP contribution in [0.5, 0.6) is 0 Å². The lowest BCUT2D eigenvalue weighted by atomic mass is 10.1. The van der Waals surface area contributed by atoms with Gasteiger partial charge in [0.25, 0.3) is 0 Å². The summed E-state index contributed by atoms with van der Waals surface area (Å²) < 4.78 is 16.9. The molecule has 6 heteroatoms. The molecule has 0 aromatic heterocycles. The van der Waals surface area contributed by atoms with Gasteiger partial charge in [0.15, 0.2) is 6.10 Å². The number of carbonyl (C=O) groups is 3. The lowest BCUT2D eigenvalue weighted by Crippen LogP contribution is -2.30. The van der Waals surface area contributed by atoms with Crippen LogP contribution >= 0.6 is 0 Å². The Bertz CT molecular complexity index is 1290. The number of allylic oxidation sites excluding steroid dienone is 10. The second-order valence-corrected chi connectivity index (χ2v) is 21.0. The van der Waals surface area contributed by atoms with E-state index >= 15 is 0 Å². The third kappa shape index (κ3) is 58.0. The summed E-state index contributed by atoms with van der Waals surface area (Å²) in [4.78, 5) is 38.2. The van der Waals surface area contributed by atoms with Crippen molar-refractivity contribution in [3.63, 3.8) is 0 Å². The monoisotopic (exact) mass is 1010 g/mol. The molecule has 0 fully saturated rings. The largest absolute Gasteiger partial charge is 0.462 e. The number of rotatable bonds is 57. The highest BCUT2D eigenvalue weighted by molar-refractivity contribution is 5.71. The van der Waals surface area contributed by atoms with Crippen LogP contribution in [0.25, 0.3) is 0 Å². The summed E-state index contributed by atoms with van der Waals surface area (Å²) in [6.45, 7) is 6.61. The summed E-state index contributed by atoms with van der Waals surface area (Å²) in [5.41, 5.74) is 0. The van der Waals surface area contributed by atoms with E-state index in [0.29, 0.717) is 19.3 Å². The quantitative estimate of drug-likeness (QED) is 0.0261. The molecule has 0 aromatic carbocycles. The van der Waals surface area contributed by atoms with Gasteiger partial charge in [-0.1, -0.05) is 261 Å². The van der Waals surface area contributed by atoms with Crippen molar-refractivity contribution in [2.45, 2.75) is 329 Å². The van der Waals surface area contributed by atoms with Crippen molar-refractivity contribution in [3.8, 4) is 0 Å². The molecule has 0 bridgehead atoms. The maximum atomic E-state index is 12.9. The Morgan fingerprint density at radius 1 is 0.278 bits per heavy atom. The molecular formula is C66H118O6. The molecule has 0 rings (SSSR count). The molecule has 1 unspecified atom stereocenters. The molecule has 0 N–H and O–H groups in total. The smallest absolute Gasteiger partial charge is 0.306 e. The Morgan fingerprint density at radius 2 is 0.514 bits per heavy atom. The van der Waals surface area contributed by atoms with Gasteiger partial charge in [-0.05, 0) is 103 Å². The van der Waals surface area contributed by atoms with E-state index in [1.807, 2.05) is 0 Å². The molecule has 0 aliphatic heterocycles. The van der Waals surface area contributed by atoms with E-state index in [4.69, 9.17) is 14.2 Å². The van der Waals surface area contributed by atoms with Crippen molar-refractivity contribution in [1.82, 2.24) is 0 Å². The van der Waals surface area contributed by atoms with Gasteiger partial charge in [0.05, 0.1) is 0 Å². The van der Waals surface area contributed by atoms with Gasteiger partial charge in [-0.2, -0.15) is 0 Å². The van der Waals surface area contributed by atoms with Crippen LogP contribution in [0.3, 0.4) is 0 Å². The van der Waals surface area contributed by atoms with Crippen LogP contribution in [-0.4, -0.2) is 37.2 Å². The molecule has 418 valence electrons. The molecule has 72 heavy (non-hydrogen) atoms. The maximum absolute atomic E-state index is 12.9. The van der Waals surface area contributed by atoms with Crippen molar-refractivity contribution in [1.29, 1.82) is 0 Å².